The summed E-state index contributed by atoms with van der Waals surface area (Å²) in [7, 11) is 0. The Morgan fingerprint density at radius 2 is 1.78 bits per heavy atom. The van der Waals surface area contributed by atoms with Crippen molar-refractivity contribution in [3.8, 4) is 5.75 Å². The topological polar surface area (TPSA) is 23.1 Å². The lowest BCUT2D eigenvalue weighted by Crippen LogP contribution is -1.88. The van der Waals surface area contributed by atoms with E-state index in [9.17, 15) is 5.11 Å². The molecule has 0 aliphatic carbocycles. The van der Waals surface area contributed by atoms with Crippen molar-refractivity contribution in [2.75, 3.05) is 0 Å². The Bertz CT molecular complexity index is 176. The molecule has 1 aromatic carbocycles. The minimum absolute atomic E-state index is 0.0900. The highest BCUT2D eigenvalue weighted by molar-refractivity contribution is 5.24. The highest BCUT2D eigenvalue weighted by Gasteiger charge is 1.82. The minimum atomic E-state index is 0.0900. The van der Waals surface area contributed by atoms with E-state index in [1.165, 1.54) is 5.56 Å². The lowest BCUT2D eigenvalue weighted by Gasteiger charge is -2.03. The molecule has 0 fully saturated rings. The third kappa shape index (κ3) is 1.46. The third-order valence-corrected chi connectivity index (χ3v) is 1.33. The van der Waals surface area contributed by atoms with Gasteiger partial charge < -0.3 is 5.11 Å². The zero-order chi connectivity index (χ0) is 6.69. The summed E-state index contributed by atoms with van der Waals surface area (Å²) in [4.78, 5) is 0. The van der Waals surface area contributed by atoms with E-state index in [0.29, 0.717) is 0 Å². The van der Waals surface area contributed by atoms with E-state index in [1.807, 2.05) is 12.1 Å². The number of hydrogen-bond donors (Lipinski definition) is 0. The van der Waals surface area contributed by atoms with Crippen LogP contribution >= 0.6 is 0 Å². The average molecular weight is 121 g/mol. The van der Waals surface area contributed by atoms with Crippen molar-refractivity contribution >= 4 is 0 Å². The molecule has 0 unspecified atom stereocenters. The highest BCUT2D eigenvalue weighted by atomic mass is 16.3. The zero-order valence-corrected chi connectivity index (χ0v) is 5.42. The first-order valence-corrected chi connectivity index (χ1v) is 3.09. The first-order valence-electron chi connectivity index (χ1n) is 3.09. The maximum absolute atomic E-state index is 10.5. The zero-order valence-electron chi connectivity index (χ0n) is 5.42. The van der Waals surface area contributed by atoms with Gasteiger partial charge >= 0.3 is 0 Å². The minimum Gasteiger partial charge on any atom is -0.872 e. The van der Waals surface area contributed by atoms with Gasteiger partial charge in [-0.05, 0) is 12.0 Å². The Morgan fingerprint density at radius 1 is 1.22 bits per heavy atom. The Labute approximate surface area is 55.0 Å². The molecular weight excluding hydrogens is 112 g/mol. The third-order valence-electron chi connectivity index (χ3n) is 1.33. The van der Waals surface area contributed by atoms with Crippen LogP contribution in [0.2, 0.25) is 0 Å². The molecule has 1 nitrogen and oxygen atoms in total. The number of rotatable bonds is 1. The van der Waals surface area contributed by atoms with Crippen molar-refractivity contribution < 1.29 is 5.11 Å². The second kappa shape index (κ2) is 2.53. The first-order chi connectivity index (χ1) is 4.33. The summed E-state index contributed by atoms with van der Waals surface area (Å²) in [5, 5.41) is 10.5. The maximum Gasteiger partial charge on any atom is -0.0307 e. The van der Waals surface area contributed by atoms with E-state index in [0.717, 1.165) is 6.42 Å². The van der Waals surface area contributed by atoms with Crippen LogP contribution in [0.3, 0.4) is 0 Å². The predicted molar refractivity (Wildman–Crippen MR) is 35.3 cm³/mol. The molecule has 9 heavy (non-hydrogen) atoms. The molecule has 0 aliphatic rings. The molecule has 1 aromatic rings. The number of aryl methyl sites for hydroxylation is 1. The van der Waals surface area contributed by atoms with E-state index in [2.05, 4.69) is 6.92 Å². The molecule has 0 spiro atoms. The fourth-order valence-electron chi connectivity index (χ4n) is 0.725. The Kier molecular flexibility index (Phi) is 1.73. The molecule has 0 amide bonds. The number of benzene rings is 1. The van der Waals surface area contributed by atoms with Gasteiger partial charge in [0.05, 0.1) is 0 Å². The summed E-state index contributed by atoms with van der Waals surface area (Å²) in [6.07, 6.45) is 1.00. The van der Waals surface area contributed by atoms with Gasteiger partial charge in [0.25, 0.3) is 0 Å². The molecule has 0 radical (unpaired) electrons. The van der Waals surface area contributed by atoms with E-state index in [4.69, 9.17) is 0 Å². The smallest absolute Gasteiger partial charge is 0.0307 e. The van der Waals surface area contributed by atoms with E-state index in [-0.39, 0.29) is 5.75 Å². The van der Waals surface area contributed by atoms with Gasteiger partial charge in [0.2, 0.25) is 0 Å². The van der Waals surface area contributed by atoms with Crippen LogP contribution in [0.25, 0.3) is 0 Å². The molecule has 1 rings (SSSR count). The van der Waals surface area contributed by atoms with Crippen molar-refractivity contribution in [1.29, 1.82) is 0 Å². The van der Waals surface area contributed by atoms with Gasteiger partial charge in [0.1, 0.15) is 0 Å². The molecule has 0 aliphatic heterocycles. The lowest BCUT2D eigenvalue weighted by atomic mass is 10.2. The average Bonchev–Trinajstić information content (AvgIpc) is 1.90. The molecule has 0 saturated heterocycles. The van der Waals surface area contributed by atoms with Crippen LogP contribution < -0.4 is 5.11 Å². The Morgan fingerprint density at radius 3 is 2.22 bits per heavy atom. The van der Waals surface area contributed by atoms with Crippen LogP contribution in [0, 0.1) is 0 Å². The lowest BCUT2D eigenvalue weighted by molar-refractivity contribution is -0.268. The monoisotopic (exact) mass is 121 g/mol. The van der Waals surface area contributed by atoms with Crippen LogP contribution in [0.4, 0.5) is 0 Å². The molecule has 0 heterocycles. The van der Waals surface area contributed by atoms with Gasteiger partial charge in [-0.2, -0.15) is 0 Å². The van der Waals surface area contributed by atoms with E-state index >= 15 is 0 Å². The molecule has 48 valence electrons. The van der Waals surface area contributed by atoms with Gasteiger partial charge in [0, 0.05) is 0 Å². The van der Waals surface area contributed by atoms with Crippen molar-refractivity contribution in [1.82, 2.24) is 0 Å². The molecule has 1 heteroatoms. The van der Waals surface area contributed by atoms with Gasteiger partial charge in [0.15, 0.2) is 0 Å². The quantitative estimate of drug-likeness (QED) is 0.549. The fourth-order valence-corrected chi connectivity index (χ4v) is 0.725. The number of hydrogen-bond acceptors (Lipinski definition) is 1. The van der Waals surface area contributed by atoms with Gasteiger partial charge in [-0.3, -0.25) is 0 Å². The summed E-state index contributed by atoms with van der Waals surface area (Å²) in [6.45, 7) is 2.07. The molecule has 0 aromatic heterocycles. The SMILES string of the molecule is CCc1ccc([O-])cc1. The summed E-state index contributed by atoms with van der Waals surface area (Å²) in [5.74, 6) is 0.0900. The van der Waals surface area contributed by atoms with Gasteiger partial charge in [-0.25, -0.2) is 0 Å². The Hall–Kier alpha value is -0.980. The second-order valence-electron chi connectivity index (χ2n) is 2.00. The molecule has 0 bridgehead atoms. The Balaban J connectivity index is 2.88. The van der Waals surface area contributed by atoms with Crippen LogP contribution in [-0.4, -0.2) is 0 Å². The van der Waals surface area contributed by atoms with Crippen LogP contribution in [0.15, 0.2) is 24.3 Å². The standard InChI is InChI=1S/C8H10O/c1-2-7-3-5-8(9)6-4-7/h3-6,9H,2H2,1H3/p-1. The van der Waals surface area contributed by atoms with Crippen LogP contribution in [0.1, 0.15) is 12.5 Å². The normalized spacial score (nSPS) is 9.44. The molecule has 0 N–H and O–H groups in total. The largest absolute Gasteiger partial charge is 0.872 e. The van der Waals surface area contributed by atoms with Crippen molar-refractivity contribution in [2.24, 2.45) is 0 Å². The predicted octanol–water partition coefficient (Wildman–Crippen LogP) is 1.32. The highest BCUT2D eigenvalue weighted by Crippen LogP contribution is 2.06. The van der Waals surface area contributed by atoms with Crippen molar-refractivity contribution in [2.45, 2.75) is 13.3 Å². The summed E-state index contributed by atoms with van der Waals surface area (Å²) in [6, 6.07) is 6.92. The molecule has 0 atom stereocenters. The second-order valence-corrected chi connectivity index (χ2v) is 2.00. The van der Waals surface area contributed by atoms with Crippen molar-refractivity contribution in [3.63, 3.8) is 0 Å². The summed E-state index contributed by atoms with van der Waals surface area (Å²) in [5.41, 5.74) is 1.22. The molecule has 0 saturated carbocycles. The van der Waals surface area contributed by atoms with Crippen LogP contribution in [0.5, 0.6) is 5.75 Å². The maximum atomic E-state index is 10.5. The van der Waals surface area contributed by atoms with Gasteiger partial charge in [-0.1, -0.05) is 31.2 Å². The van der Waals surface area contributed by atoms with Gasteiger partial charge in [-0.15, -0.1) is 5.75 Å². The fraction of sp³-hybridized carbons (Fsp3) is 0.250. The van der Waals surface area contributed by atoms with E-state index < -0.39 is 0 Å². The first kappa shape index (κ1) is 6.14. The summed E-state index contributed by atoms with van der Waals surface area (Å²) >= 11 is 0. The summed E-state index contributed by atoms with van der Waals surface area (Å²) < 4.78 is 0. The van der Waals surface area contributed by atoms with E-state index in [1.54, 1.807) is 12.1 Å². The molecular formula is C8H9O-. The van der Waals surface area contributed by atoms with Crippen molar-refractivity contribution in [3.05, 3.63) is 29.8 Å². The van der Waals surface area contributed by atoms with Crippen LogP contribution in [-0.2, 0) is 6.42 Å².